The lowest BCUT2D eigenvalue weighted by Crippen LogP contribution is -2.58. The average Bonchev–Trinajstić information content (AvgIpc) is 3.26. The highest BCUT2D eigenvalue weighted by Crippen LogP contribution is 2.58. The van der Waals surface area contributed by atoms with Gasteiger partial charge in [-0.15, -0.1) is 0 Å². The summed E-state index contributed by atoms with van der Waals surface area (Å²) in [6.07, 6.45) is 6.85. The average molecular weight is 448 g/mol. The molecule has 33 heavy (non-hydrogen) atoms. The van der Waals surface area contributed by atoms with Crippen molar-refractivity contribution in [2.75, 3.05) is 27.2 Å². The van der Waals surface area contributed by atoms with E-state index < -0.39 is 5.60 Å². The molecule has 176 valence electrons. The van der Waals surface area contributed by atoms with Gasteiger partial charge in [-0.05, 0) is 81.6 Å². The molecule has 0 aliphatic heterocycles. The molecule has 2 aromatic carbocycles. The lowest BCUT2D eigenvalue weighted by atomic mass is 9.53. The maximum absolute atomic E-state index is 11.7. The van der Waals surface area contributed by atoms with Crippen LogP contribution < -0.4 is 0 Å². The first-order chi connectivity index (χ1) is 16.0. The predicted molar refractivity (Wildman–Crippen MR) is 132 cm³/mol. The number of aromatic nitrogens is 2. The number of H-pyrrole nitrogens is 1. The lowest BCUT2D eigenvalue weighted by molar-refractivity contribution is -0.207. The molecule has 0 saturated heterocycles. The molecule has 5 nitrogen and oxygen atoms in total. The normalized spacial score (nSPS) is 29.2. The maximum atomic E-state index is 11.7. The topological polar surface area (TPSA) is 61.4 Å². The molecule has 2 bridgehead atoms. The van der Waals surface area contributed by atoms with Crippen LogP contribution in [0.25, 0.3) is 11.0 Å². The molecular weight excluding hydrogens is 410 g/mol. The van der Waals surface area contributed by atoms with Gasteiger partial charge in [0.25, 0.3) is 0 Å². The molecule has 2 N–H and O–H groups in total. The second-order valence-corrected chi connectivity index (χ2v) is 10.3. The van der Waals surface area contributed by atoms with Gasteiger partial charge < -0.3 is 19.7 Å². The largest absolute Gasteiger partial charge is 0.390 e. The van der Waals surface area contributed by atoms with Crippen LogP contribution in [-0.2, 0) is 16.8 Å². The number of aryl methyl sites for hydroxylation is 1. The zero-order valence-electron chi connectivity index (χ0n) is 20.0. The summed E-state index contributed by atoms with van der Waals surface area (Å²) in [4.78, 5) is 10.5. The SMILES string of the molecule is CO[C@]1(c2ccccc2)C[C@H]2CC[C@H]1C[C@@]2(O)CCN(C)CCCc1nc2ccccc2[nH]1. The molecule has 4 atom stereocenters. The zero-order chi connectivity index (χ0) is 22.9. The quantitative estimate of drug-likeness (QED) is 0.489. The Labute approximate surface area is 197 Å². The van der Waals surface area contributed by atoms with Gasteiger partial charge in [0, 0.05) is 20.1 Å². The van der Waals surface area contributed by atoms with Crippen LogP contribution in [-0.4, -0.2) is 52.8 Å². The highest BCUT2D eigenvalue weighted by molar-refractivity contribution is 5.74. The highest BCUT2D eigenvalue weighted by Gasteiger charge is 2.57. The van der Waals surface area contributed by atoms with E-state index in [-0.39, 0.29) is 5.60 Å². The number of aliphatic hydroxyl groups is 1. The van der Waals surface area contributed by atoms with E-state index in [4.69, 9.17) is 4.74 Å². The fourth-order valence-corrected chi connectivity index (χ4v) is 6.47. The number of ether oxygens (including phenoxy) is 1. The van der Waals surface area contributed by atoms with Gasteiger partial charge in [0.15, 0.2) is 0 Å². The Morgan fingerprint density at radius 3 is 2.52 bits per heavy atom. The first-order valence-corrected chi connectivity index (χ1v) is 12.5. The summed E-state index contributed by atoms with van der Waals surface area (Å²) in [6.45, 7) is 1.93. The first kappa shape index (κ1) is 22.6. The maximum Gasteiger partial charge on any atom is 0.107 e. The third-order valence-electron chi connectivity index (χ3n) is 8.38. The second kappa shape index (κ2) is 9.21. The minimum absolute atomic E-state index is 0.241. The number of hydrogen-bond acceptors (Lipinski definition) is 4. The number of methoxy groups -OCH3 is 1. The van der Waals surface area contributed by atoms with Crippen molar-refractivity contribution in [3.63, 3.8) is 0 Å². The summed E-state index contributed by atoms with van der Waals surface area (Å²) in [5.41, 5.74) is 2.60. The highest BCUT2D eigenvalue weighted by atomic mass is 16.5. The van der Waals surface area contributed by atoms with Gasteiger partial charge in [0.05, 0.1) is 22.2 Å². The molecule has 0 radical (unpaired) electrons. The fourth-order valence-electron chi connectivity index (χ4n) is 6.47. The second-order valence-electron chi connectivity index (χ2n) is 10.3. The Balaban J connectivity index is 1.15. The molecule has 1 aromatic heterocycles. The van der Waals surface area contributed by atoms with E-state index in [1.807, 2.05) is 19.2 Å². The molecule has 3 aromatic rings. The molecule has 5 heteroatoms. The standard InChI is InChI=1S/C28H37N3O2/c1-31(17-8-13-26-29-24-11-6-7-12-25(24)30-26)18-16-27(32)19-23-15-14-22(27)20-28(23,33-2)21-9-4-3-5-10-21/h3-7,9-12,22-23,32H,8,13-20H2,1-2H3,(H,29,30)/t22-,23+,27+,28+/m1/s1. The van der Waals surface area contributed by atoms with Crippen LogP contribution >= 0.6 is 0 Å². The number of nitrogens with one attached hydrogen (secondary N) is 1. The van der Waals surface area contributed by atoms with Gasteiger partial charge in [-0.2, -0.15) is 0 Å². The number of hydrogen-bond donors (Lipinski definition) is 2. The van der Waals surface area contributed by atoms with E-state index in [1.54, 1.807) is 0 Å². The van der Waals surface area contributed by atoms with Crippen LogP contribution in [0.4, 0.5) is 0 Å². The van der Waals surface area contributed by atoms with Crippen LogP contribution in [0.5, 0.6) is 0 Å². The molecule has 6 rings (SSSR count). The molecule has 3 aliphatic carbocycles. The Morgan fingerprint density at radius 2 is 1.79 bits per heavy atom. The van der Waals surface area contributed by atoms with Crippen molar-refractivity contribution in [3.8, 4) is 0 Å². The van der Waals surface area contributed by atoms with E-state index in [9.17, 15) is 5.11 Å². The van der Waals surface area contributed by atoms with Crippen LogP contribution in [0.2, 0.25) is 0 Å². The van der Waals surface area contributed by atoms with Crippen LogP contribution in [0.1, 0.15) is 49.9 Å². The van der Waals surface area contributed by atoms with Crippen molar-refractivity contribution in [2.45, 2.75) is 56.1 Å². The Morgan fingerprint density at radius 1 is 1.03 bits per heavy atom. The molecule has 0 spiro atoms. The van der Waals surface area contributed by atoms with Gasteiger partial charge in [-0.3, -0.25) is 0 Å². The van der Waals surface area contributed by atoms with Crippen LogP contribution in [0.3, 0.4) is 0 Å². The summed E-state index contributed by atoms with van der Waals surface area (Å²) in [5.74, 6) is 1.73. The smallest absolute Gasteiger partial charge is 0.107 e. The number of para-hydroxylation sites is 2. The molecule has 1 heterocycles. The Hall–Kier alpha value is -2.21. The van der Waals surface area contributed by atoms with Gasteiger partial charge in [0.1, 0.15) is 5.82 Å². The van der Waals surface area contributed by atoms with Crippen molar-refractivity contribution in [1.29, 1.82) is 0 Å². The minimum atomic E-state index is -0.577. The zero-order valence-corrected chi connectivity index (χ0v) is 20.0. The predicted octanol–water partition coefficient (Wildman–Crippen LogP) is 4.91. The third kappa shape index (κ3) is 4.34. The van der Waals surface area contributed by atoms with Crippen molar-refractivity contribution in [2.24, 2.45) is 11.8 Å². The summed E-state index contributed by atoms with van der Waals surface area (Å²) in [7, 11) is 4.02. The van der Waals surface area contributed by atoms with Crippen LogP contribution in [0.15, 0.2) is 54.6 Å². The fraction of sp³-hybridized carbons (Fsp3) is 0.536. The monoisotopic (exact) mass is 447 g/mol. The van der Waals surface area contributed by atoms with Gasteiger partial charge >= 0.3 is 0 Å². The molecular formula is C28H37N3O2. The van der Waals surface area contributed by atoms with E-state index >= 15 is 0 Å². The van der Waals surface area contributed by atoms with E-state index in [0.29, 0.717) is 11.8 Å². The molecule has 0 unspecified atom stereocenters. The van der Waals surface area contributed by atoms with Gasteiger partial charge in [0.2, 0.25) is 0 Å². The van der Waals surface area contributed by atoms with Crippen LogP contribution in [0, 0.1) is 11.8 Å². The molecule has 3 aliphatic rings. The van der Waals surface area contributed by atoms with Gasteiger partial charge in [-0.25, -0.2) is 4.98 Å². The summed E-state index contributed by atoms with van der Waals surface area (Å²) in [5, 5.41) is 11.7. The number of fused-ring (bicyclic) bond motifs is 4. The number of imidazole rings is 1. The lowest BCUT2D eigenvalue weighted by Gasteiger charge is -2.58. The number of aromatic amines is 1. The minimum Gasteiger partial charge on any atom is -0.390 e. The number of benzene rings is 2. The van der Waals surface area contributed by atoms with Crippen molar-refractivity contribution < 1.29 is 9.84 Å². The molecule has 3 saturated carbocycles. The summed E-state index contributed by atoms with van der Waals surface area (Å²) < 4.78 is 6.20. The van der Waals surface area contributed by atoms with Crippen molar-refractivity contribution in [1.82, 2.24) is 14.9 Å². The Kier molecular flexibility index (Phi) is 6.30. The number of rotatable bonds is 9. The Bertz CT molecular complexity index is 1030. The van der Waals surface area contributed by atoms with E-state index in [2.05, 4.69) is 64.4 Å². The molecule has 0 amide bonds. The third-order valence-corrected chi connectivity index (χ3v) is 8.38. The summed E-state index contributed by atoms with van der Waals surface area (Å²) >= 11 is 0. The van der Waals surface area contributed by atoms with Crippen molar-refractivity contribution in [3.05, 3.63) is 66.0 Å². The molecule has 3 fully saturated rings. The van der Waals surface area contributed by atoms with E-state index in [0.717, 1.165) is 74.9 Å². The first-order valence-electron chi connectivity index (χ1n) is 12.5. The summed E-state index contributed by atoms with van der Waals surface area (Å²) in [6, 6.07) is 18.8. The van der Waals surface area contributed by atoms with E-state index in [1.165, 1.54) is 5.56 Å². The number of nitrogens with zero attached hydrogens (tertiary/aromatic N) is 2. The van der Waals surface area contributed by atoms with Crippen molar-refractivity contribution >= 4 is 11.0 Å². The van der Waals surface area contributed by atoms with Gasteiger partial charge in [-0.1, -0.05) is 42.5 Å².